The zero-order valence-corrected chi connectivity index (χ0v) is 12.7. The third-order valence-corrected chi connectivity index (χ3v) is 3.40. The van der Waals surface area contributed by atoms with E-state index in [1.807, 2.05) is 0 Å². The zero-order valence-electron chi connectivity index (χ0n) is 11.9. The van der Waals surface area contributed by atoms with Crippen LogP contribution in [0.25, 0.3) is 0 Å². The van der Waals surface area contributed by atoms with E-state index in [-0.39, 0.29) is 35.9 Å². The number of carbonyl (C=O) groups excluding carboxylic acids is 1. The number of benzene rings is 1. The van der Waals surface area contributed by atoms with Gasteiger partial charge in [-0.05, 0) is 37.3 Å². The molecule has 2 rings (SSSR count). The molecule has 0 aromatic heterocycles. The highest BCUT2D eigenvalue weighted by atomic mass is 35.5. The molecule has 0 bridgehead atoms. The number of hydrogen-bond donors (Lipinski definition) is 2. The molecule has 4 nitrogen and oxygen atoms in total. The van der Waals surface area contributed by atoms with Gasteiger partial charge in [0.15, 0.2) is 11.6 Å². The highest BCUT2D eigenvalue weighted by molar-refractivity contribution is 5.85. The number of nitrogens with one attached hydrogen (secondary N) is 1. The van der Waals surface area contributed by atoms with E-state index < -0.39 is 0 Å². The maximum Gasteiger partial charge on any atom is 0.220 e. The Hall–Kier alpha value is -1.33. The van der Waals surface area contributed by atoms with E-state index in [2.05, 4.69) is 5.32 Å². The van der Waals surface area contributed by atoms with Gasteiger partial charge in [0, 0.05) is 19.0 Å². The molecular weight excluding hydrogens is 295 g/mol. The van der Waals surface area contributed by atoms with Crippen LogP contribution in [-0.2, 0) is 4.79 Å². The fourth-order valence-corrected chi connectivity index (χ4v) is 1.99. The van der Waals surface area contributed by atoms with Gasteiger partial charge in [0.2, 0.25) is 5.91 Å². The van der Waals surface area contributed by atoms with Gasteiger partial charge in [-0.15, -0.1) is 12.4 Å². The number of para-hydroxylation sites is 1. The van der Waals surface area contributed by atoms with Crippen molar-refractivity contribution in [1.29, 1.82) is 0 Å². The van der Waals surface area contributed by atoms with Crippen LogP contribution >= 0.6 is 12.4 Å². The first-order chi connectivity index (χ1) is 9.66. The second-order valence-corrected chi connectivity index (χ2v) is 5.19. The number of halogens is 2. The van der Waals surface area contributed by atoms with Crippen LogP contribution in [0.1, 0.15) is 25.7 Å². The zero-order chi connectivity index (χ0) is 14.4. The molecule has 1 amide bonds. The van der Waals surface area contributed by atoms with Crippen LogP contribution < -0.4 is 15.8 Å². The normalized spacial score (nSPS) is 15.0. The molecule has 1 aromatic rings. The van der Waals surface area contributed by atoms with Crippen LogP contribution in [0.5, 0.6) is 5.75 Å². The fourth-order valence-electron chi connectivity index (χ4n) is 1.99. The van der Waals surface area contributed by atoms with Crippen molar-refractivity contribution < 1.29 is 13.9 Å². The van der Waals surface area contributed by atoms with Gasteiger partial charge in [0.25, 0.3) is 0 Å². The van der Waals surface area contributed by atoms with Gasteiger partial charge in [-0.25, -0.2) is 4.39 Å². The summed E-state index contributed by atoms with van der Waals surface area (Å²) in [6.45, 7) is 0.862. The Balaban J connectivity index is 0.00000220. The van der Waals surface area contributed by atoms with Crippen molar-refractivity contribution in [2.45, 2.75) is 31.7 Å². The summed E-state index contributed by atoms with van der Waals surface area (Å²) >= 11 is 0. The Morgan fingerprint density at radius 1 is 1.43 bits per heavy atom. The third-order valence-electron chi connectivity index (χ3n) is 3.40. The molecule has 6 heteroatoms. The summed E-state index contributed by atoms with van der Waals surface area (Å²) in [6, 6.07) is 6.32. The van der Waals surface area contributed by atoms with Crippen molar-refractivity contribution >= 4 is 18.3 Å². The van der Waals surface area contributed by atoms with E-state index in [0.717, 1.165) is 0 Å². The van der Waals surface area contributed by atoms with Crippen molar-refractivity contribution in [2.24, 2.45) is 11.7 Å². The number of amides is 1. The minimum atomic E-state index is -0.382. The van der Waals surface area contributed by atoms with Crippen LogP contribution in [0.2, 0.25) is 0 Å². The molecule has 0 saturated heterocycles. The first kappa shape index (κ1) is 17.7. The predicted octanol–water partition coefficient (Wildman–Crippen LogP) is 2.26. The van der Waals surface area contributed by atoms with Gasteiger partial charge in [0.1, 0.15) is 0 Å². The van der Waals surface area contributed by atoms with Crippen LogP contribution in [0, 0.1) is 11.7 Å². The average molecular weight is 317 g/mol. The molecule has 1 fully saturated rings. The molecule has 3 N–H and O–H groups in total. The molecule has 21 heavy (non-hydrogen) atoms. The van der Waals surface area contributed by atoms with Crippen LogP contribution in [0.15, 0.2) is 24.3 Å². The van der Waals surface area contributed by atoms with Crippen LogP contribution in [-0.4, -0.2) is 25.1 Å². The lowest BCUT2D eigenvalue weighted by atomic mass is 10.2. The average Bonchev–Trinajstić information content (AvgIpc) is 3.27. The van der Waals surface area contributed by atoms with E-state index >= 15 is 0 Å². The van der Waals surface area contributed by atoms with Gasteiger partial charge >= 0.3 is 0 Å². The lowest BCUT2D eigenvalue weighted by Crippen LogP contribution is -2.38. The van der Waals surface area contributed by atoms with Gasteiger partial charge in [0.05, 0.1) is 6.61 Å². The third kappa shape index (κ3) is 6.31. The molecule has 0 radical (unpaired) electrons. The lowest BCUT2D eigenvalue weighted by molar-refractivity contribution is -0.121. The SMILES string of the molecule is Cl.NC(CNC(=O)CCCOc1ccccc1F)C1CC1. The second kappa shape index (κ2) is 8.85. The smallest absolute Gasteiger partial charge is 0.220 e. The van der Waals surface area contributed by atoms with Crippen molar-refractivity contribution in [1.82, 2.24) is 5.32 Å². The summed E-state index contributed by atoms with van der Waals surface area (Å²) in [4.78, 5) is 11.6. The lowest BCUT2D eigenvalue weighted by Gasteiger charge is -2.11. The number of hydrogen-bond acceptors (Lipinski definition) is 3. The fraction of sp³-hybridized carbons (Fsp3) is 0.533. The maximum absolute atomic E-state index is 13.2. The standard InChI is InChI=1S/C15H21FN2O2.ClH/c16-12-4-1-2-5-14(12)20-9-3-6-15(19)18-10-13(17)11-7-8-11;/h1-2,4-5,11,13H,3,6-10,17H2,(H,18,19);1H. The second-order valence-electron chi connectivity index (χ2n) is 5.19. The van der Waals surface area contributed by atoms with E-state index in [0.29, 0.717) is 31.9 Å². The molecule has 1 atom stereocenters. The Bertz CT molecular complexity index is 455. The monoisotopic (exact) mass is 316 g/mol. The highest BCUT2D eigenvalue weighted by Gasteiger charge is 2.28. The number of carbonyl (C=O) groups is 1. The summed E-state index contributed by atoms with van der Waals surface area (Å²) in [5.41, 5.74) is 5.89. The summed E-state index contributed by atoms with van der Waals surface area (Å²) < 4.78 is 18.5. The molecule has 1 aliphatic rings. The largest absolute Gasteiger partial charge is 0.491 e. The summed E-state index contributed by atoms with van der Waals surface area (Å²) in [5.74, 6) is 0.397. The quantitative estimate of drug-likeness (QED) is 0.723. The van der Waals surface area contributed by atoms with Gasteiger partial charge in [-0.2, -0.15) is 0 Å². The number of ether oxygens (including phenoxy) is 1. The molecular formula is C15H22ClFN2O2. The molecule has 0 aliphatic heterocycles. The molecule has 0 spiro atoms. The van der Waals surface area contributed by atoms with Crippen molar-refractivity contribution in [3.8, 4) is 5.75 Å². The predicted molar refractivity (Wildman–Crippen MR) is 82.1 cm³/mol. The summed E-state index contributed by atoms with van der Waals surface area (Å²) in [7, 11) is 0. The number of rotatable bonds is 8. The van der Waals surface area contributed by atoms with Crippen molar-refractivity contribution in [2.75, 3.05) is 13.2 Å². The molecule has 1 saturated carbocycles. The van der Waals surface area contributed by atoms with Crippen molar-refractivity contribution in [3.63, 3.8) is 0 Å². The van der Waals surface area contributed by atoms with Gasteiger partial charge < -0.3 is 15.8 Å². The Kier molecular flexibility index (Phi) is 7.47. The molecule has 0 heterocycles. The van der Waals surface area contributed by atoms with E-state index in [1.54, 1.807) is 18.2 Å². The van der Waals surface area contributed by atoms with Gasteiger partial charge in [-0.3, -0.25) is 4.79 Å². The Morgan fingerprint density at radius 2 is 2.14 bits per heavy atom. The maximum atomic E-state index is 13.2. The Labute approximate surface area is 130 Å². The summed E-state index contributed by atoms with van der Waals surface area (Å²) in [5, 5.41) is 2.82. The Morgan fingerprint density at radius 3 is 2.81 bits per heavy atom. The highest BCUT2D eigenvalue weighted by Crippen LogP contribution is 2.31. The summed E-state index contributed by atoms with van der Waals surface area (Å²) in [6.07, 6.45) is 3.27. The molecule has 1 aromatic carbocycles. The number of nitrogens with two attached hydrogens (primary N) is 1. The molecule has 118 valence electrons. The minimum Gasteiger partial charge on any atom is -0.491 e. The minimum absolute atomic E-state index is 0. The molecule has 1 aliphatic carbocycles. The first-order valence-electron chi connectivity index (χ1n) is 7.06. The topological polar surface area (TPSA) is 64.3 Å². The molecule has 1 unspecified atom stereocenters. The van der Waals surface area contributed by atoms with Gasteiger partial charge in [-0.1, -0.05) is 12.1 Å². The van der Waals surface area contributed by atoms with E-state index in [4.69, 9.17) is 10.5 Å². The van der Waals surface area contributed by atoms with Crippen molar-refractivity contribution in [3.05, 3.63) is 30.1 Å². The van der Waals surface area contributed by atoms with Crippen LogP contribution in [0.4, 0.5) is 4.39 Å². The van der Waals surface area contributed by atoms with Crippen LogP contribution in [0.3, 0.4) is 0 Å². The van der Waals surface area contributed by atoms with E-state index in [9.17, 15) is 9.18 Å². The van der Waals surface area contributed by atoms with E-state index in [1.165, 1.54) is 18.9 Å². The first-order valence-corrected chi connectivity index (χ1v) is 7.06.